The van der Waals surface area contributed by atoms with Crippen LogP contribution >= 0.6 is 35.6 Å². The van der Waals surface area contributed by atoms with E-state index < -0.39 is 0 Å². The SMILES string of the molecule is [Fe+2].[Na+].[O-]Cl.[O-]Cl.[O-]Cl. The second-order valence-corrected chi connectivity index (χ2v) is 0. The van der Waals surface area contributed by atoms with Gasteiger partial charge in [0.05, 0.1) is 0 Å². The third kappa shape index (κ3) is 84.8. The zero-order valence-corrected chi connectivity index (χ0v) is 9.08. The summed E-state index contributed by atoms with van der Waals surface area (Å²) in [6.07, 6.45) is 0. The Bertz CT molecular complexity index is 14.5. The van der Waals surface area contributed by atoms with E-state index in [1.54, 1.807) is 0 Å². The summed E-state index contributed by atoms with van der Waals surface area (Å²) >= 11 is 10.2. The van der Waals surface area contributed by atoms with Gasteiger partial charge in [0.1, 0.15) is 0 Å². The molecule has 0 heterocycles. The van der Waals surface area contributed by atoms with Gasteiger partial charge in [-0.15, -0.1) is 0 Å². The van der Waals surface area contributed by atoms with Gasteiger partial charge >= 0.3 is 46.6 Å². The Balaban J connectivity index is -0.00000000500. The van der Waals surface area contributed by atoms with Crippen molar-refractivity contribution in [3.05, 3.63) is 0 Å². The number of rotatable bonds is 0. The van der Waals surface area contributed by atoms with E-state index in [-0.39, 0.29) is 46.6 Å². The Morgan fingerprint density at radius 1 is 0.625 bits per heavy atom. The van der Waals surface area contributed by atoms with Gasteiger partial charge in [0.15, 0.2) is 0 Å². The molecular formula is Cl3FeNaO3. The van der Waals surface area contributed by atoms with E-state index in [9.17, 15) is 0 Å². The maximum atomic E-state index is 7.72. The molecule has 0 aliphatic heterocycles. The Morgan fingerprint density at radius 2 is 0.625 bits per heavy atom. The third-order valence-corrected chi connectivity index (χ3v) is 0. The van der Waals surface area contributed by atoms with Crippen molar-refractivity contribution in [2.24, 2.45) is 0 Å². The average molecular weight is 233 g/mol. The zero-order valence-electron chi connectivity index (χ0n) is 3.71. The Labute approximate surface area is 95.2 Å². The summed E-state index contributed by atoms with van der Waals surface area (Å²) in [7, 11) is 0. The fourth-order valence-electron chi connectivity index (χ4n) is 0. The van der Waals surface area contributed by atoms with Gasteiger partial charge < -0.3 is 14.0 Å². The standard InChI is InChI=1S/3ClO.Fe.Na/c3*1-2;;/q3*-1;+2;+1. The summed E-state index contributed by atoms with van der Waals surface area (Å²) in [4.78, 5) is 0. The van der Waals surface area contributed by atoms with Crippen LogP contribution < -0.4 is 43.5 Å². The Morgan fingerprint density at radius 3 is 0.625 bits per heavy atom. The topological polar surface area (TPSA) is 69.2 Å². The van der Waals surface area contributed by atoms with E-state index in [1.807, 2.05) is 0 Å². The Hall–Kier alpha value is 2.27. The molecule has 3 nitrogen and oxygen atoms in total. The monoisotopic (exact) mass is 232 g/mol. The molecule has 8 heteroatoms. The van der Waals surface area contributed by atoms with Crippen molar-refractivity contribution in [3.63, 3.8) is 0 Å². The molecule has 0 saturated heterocycles. The molecule has 48 valence electrons. The fourth-order valence-corrected chi connectivity index (χ4v) is 0. The van der Waals surface area contributed by atoms with Crippen LogP contribution in [0.3, 0.4) is 0 Å². The van der Waals surface area contributed by atoms with Crippen LogP contribution in [0.1, 0.15) is 0 Å². The molecule has 0 aliphatic carbocycles. The predicted molar refractivity (Wildman–Crippen MR) is 17.6 cm³/mol. The van der Waals surface area contributed by atoms with Crippen LogP contribution in [0.15, 0.2) is 0 Å². The molecular weight excluding hydrogens is 233 g/mol. The first-order chi connectivity index (χ1) is 3.00. The molecule has 0 bridgehead atoms. The van der Waals surface area contributed by atoms with Crippen LogP contribution in [-0.2, 0) is 17.1 Å². The average Bonchev–Trinajstić information content (AvgIpc) is 1.81. The first-order valence-corrected chi connectivity index (χ1v) is 1.39. The van der Waals surface area contributed by atoms with Crippen molar-refractivity contribution in [2.75, 3.05) is 0 Å². The molecule has 0 rings (SSSR count). The summed E-state index contributed by atoms with van der Waals surface area (Å²) in [5, 5.41) is 0. The van der Waals surface area contributed by atoms with Gasteiger partial charge in [0, 0.05) is 0 Å². The van der Waals surface area contributed by atoms with Crippen molar-refractivity contribution >= 4 is 35.6 Å². The molecule has 0 spiro atoms. The molecule has 0 aromatic rings. The molecule has 8 heavy (non-hydrogen) atoms. The minimum absolute atomic E-state index is 0. The third-order valence-electron chi connectivity index (χ3n) is 0. The van der Waals surface area contributed by atoms with Gasteiger partial charge in [-0.3, -0.25) is 0 Å². The molecule has 0 atom stereocenters. The number of halogens is 3. The van der Waals surface area contributed by atoms with Crippen molar-refractivity contribution in [1.82, 2.24) is 0 Å². The molecule has 0 saturated carbocycles. The van der Waals surface area contributed by atoms with Gasteiger partial charge in [-0.05, 0) is 0 Å². The quantitative estimate of drug-likeness (QED) is 0.396. The smallest absolute Gasteiger partial charge is 0.769 e. The summed E-state index contributed by atoms with van der Waals surface area (Å²) in [5.41, 5.74) is 0. The molecule has 0 amide bonds. The summed E-state index contributed by atoms with van der Waals surface area (Å²) in [5.74, 6) is 0. The largest absolute Gasteiger partial charge is 2.00 e. The van der Waals surface area contributed by atoms with Crippen LogP contribution in [0.25, 0.3) is 0 Å². The van der Waals surface area contributed by atoms with Crippen molar-refractivity contribution in [2.45, 2.75) is 0 Å². The molecule has 0 radical (unpaired) electrons. The fraction of sp³-hybridized carbons (Fsp3) is 0. The normalized spacial score (nSPS) is 2.25. The van der Waals surface area contributed by atoms with Crippen molar-refractivity contribution in [1.29, 1.82) is 0 Å². The number of hydrogen-bond acceptors (Lipinski definition) is 3. The zero-order chi connectivity index (χ0) is 6.00. The van der Waals surface area contributed by atoms with E-state index >= 15 is 0 Å². The van der Waals surface area contributed by atoms with Gasteiger partial charge in [0.25, 0.3) is 0 Å². The molecule has 0 aliphatic rings. The van der Waals surface area contributed by atoms with Gasteiger partial charge in [-0.25, -0.2) is 35.6 Å². The summed E-state index contributed by atoms with van der Waals surface area (Å²) in [6.45, 7) is 0. The van der Waals surface area contributed by atoms with E-state index in [1.165, 1.54) is 0 Å². The van der Waals surface area contributed by atoms with E-state index in [0.717, 1.165) is 0 Å². The predicted octanol–water partition coefficient (Wildman–Crippen LogP) is -4.50. The molecule has 0 aromatic carbocycles. The van der Waals surface area contributed by atoms with Gasteiger partial charge in [-0.1, -0.05) is 0 Å². The summed E-state index contributed by atoms with van der Waals surface area (Å²) < 4.78 is 23.2. The van der Waals surface area contributed by atoms with Gasteiger partial charge in [-0.2, -0.15) is 0 Å². The maximum absolute atomic E-state index is 7.72. The van der Waals surface area contributed by atoms with E-state index in [0.29, 0.717) is 0 Å². The summed E-state index contributed by atoms with van der Waals surface area (Å²) in [6, 6.07) is 0. The minimum atomic E-state index is 0. The van der Waals surface area contributed by atoms with Crippen molar-refractivity contribution < 1.29 is 60.6 Å². The van der Waals surface area contributed by atoms with Crippen LogP contribution in [0.4, 0.5) is 0 Å². The second-order valence-electron chi connectivity index (χ2n) is 0. The number of hydrogen-bond donors (Lipinski definition) is 0. The van der Waals surface area contributed by atoms with Crippen LogP contribution in [-0.4, -0.2) is 0 Å². The molecule has 0 unspecified atom stereocenters. The van der Waals surface area contributed by atoms with Gasteiger partial charge in [0.2, 0.25) is 0 Å². The van der Waals surface area contributed by atoms with Crippen LogP contribution in [0, 0.1) is 0 Å². The van der Waals surface area contributed by atoms with Crippen molar-refractivity contribution in [3.8, 4) is 0 Å². The van der Waals surface area contributed by atoms with E-state index in [2.05, 4.69) is 35.6 Å². The maximum Gasteiger partial charge on any atom is 2.00 e. The molecule has 0 aromatic heterocycles. The Kier molecular flexibility index (Phi) is 489. The van der Waals surface area contributed by atoms with Crippen LogP contribution in [0.2, 0.25) is 0 Å². The van der Waals surface area contributed by atoms with E-state index in [4.69, 9.17) is 14.0 Å². The van der Waals surface area contributed by atoms with Crippen LogP contribution in [0.5, 0.6) is 0 Å². The molecule has 0 fully saturated rings. The first kappa shape index (κ1) is 31.8. The molecule has 0 N–H and O–H groups in total. The first-order valence-electron chi connectivity index (χ1n) is 0.463. The second kappa shape index (κ2) is 123. The minimum Gasteiger partial charge on any atom is -0.769 e.